The maximum absolute atomic E-state index is 10.5. The molecule has 1 rings (SSSR count). The summed E-state index contributed by atoms with van der Waals surface area (Å²) in [4.78, 5) is 10.5. The Kier molecular flexibility index (Phi) is 5.29. The standard InChI is InChI=1S/C12H16ClNO2/c1-9(12(15)16)8-14-7-6-10-2-4-11(13)5-3-10/h2-5,9,14H,6-8H2,1H3,(H,15,16). The molecule has 1 atom stereocenters. The summed E-state index contributed by atoms with van der Waals surface area (Å²) in [5, 5.41) is 12.5. The number of aliphatic carboxylic acids is 1. The summed E-state index contributed by atoms with van der Waals surface area (Å²) in [7, 11) is 0. The Bertz CT molecular complexity index is 337. The number of carboxylic acid groups (broad SMARTS) is 1. The van der Waals surface area contributed by atoms with E-state index in [0.29, 0.717) is 6.54 Å². The highest BCUT2D eigenvalue weighted by Gasteiger charge is 2.08. The molecule has 0 heterocycles. The molecule has 1 aromatic carbocycles. The van der Waals surface area contributed by atoms with Crippen LogP contribution in [0.2, 0.25) is 5.02 Å². The van der Waals surface area contributed by atoms with Gasteiger partial charge >= 0.3 is 5.97 Å². The predicted molar refractivity (Wildman–Crippen MR) is 64.8 cm³/mol. The first-order valence-corrected chi connectivity index (χ1v) is 5.65. The van der Waals surface area contributed by atoms with Crippen molar-refractivity contribution < 1.29 is 9.90 Å². The molecule has 0 fully saturated rings. The van der Waals surface area contributed by atoms with Gasteiger partial charge in [0.1, 0.15) is 0 Å². The van der Waals surface area contributed by atoms with Gasteiger partial charge in [0, 0.05) is 11.6 Å². The SMILES string of the molecule is CC(CNCCc1ccc(Cl)cc1)C(=O)O. The zero-order valence-electron chi connectivity index (χ0n) is 9.24. The van der Waals surface area contributed by atoms with E-state index in [4.69, 9.17) is 16.7 Å². The van der Waals surface area contributed by atoms with Gasteiger partial charge in [-0.1, -0.05) is 30.7 Å². The van der Waals surface area contributed by atoms with Gasteiger partial charge in [-0.2, -0.15) is 0 Å². The minimum Gasteiger partial charge on any atom is -0.481 e. The number of nitrogens with one attached hydrogen (secondary N) is 1. The zero-order valence-corrected chi connectivity index (χ0v) is 10.00. The van der Waals surface area contributed by atoms with E-state index in [1.54, 1.807) is 6.92 Å². The normalized spacial score (nSPS) is 12.4. The number of rotatable bonds is 6. The van der Waals surface area contributed by atoms with Gasteiger partial charge in [0.25, 0.3) is 0 Å². The highest BCUT2D eigenvalue weighted by molar-refractivity contribution is 6.30. The van der Waals surface area contributed by atoms with E-state index in [2.05, 4.69) is 5.32 Å². The molecule has 0 amide bonds. The maximum atomic E-state index is 10.5. The van der Waals surface area contributed by atoms with Crippen molar-refractivity contribution in [2.45, 2.75) is 13.3 Å². The molecular weight excluding hydrogens is 226 g/mol. The third-order valence-electron chi connectivity index (χ3n) is 2.38. The topological polar surface area (TPSA) is 49.3 Å². The van der Waals surface area contributed by atoms with Crippen molar-refractivity contribution in [3.63, 3.8) is 0 Å². The Morgan fingerprint density at radius 3 is 2.62 bits per heavy atom. The second-order valence-corrected chi connectivity index (χ2v) is 4.26. The lowest BCUT2D eigenvalue weighted by atomic mass is 10.1. The lowest BCUT2D eigenvalue weighted by Gasteiger charge is -2.08. The number of carboxylic acids is 1. The molecule has 16 heavy (non-hydrogen) atoms. The molecule has 0 bridgehead atoms. The Morgan fingerprint density at radius 2 is 2.06 bits per heavy atom. The van der Waals surface area contributed by atoms with Gasteiger partial charge in [-0.3, -0.25) is 4.79 Å². The maximum Gasteiger partial charge on any atom is 0.307 e. The molecule has 4 heteroatoms. The number of hydrogen-bond acceptors (Lipinski definition) is 2. The van der Waals surface area contributed by atoms with Crippen LogP contribution in [0.3, 0.4) is 0 Å². The van der Waals surface area contributed by atoms with Gasteiger partial charge in [0.15, 0.2) is 0 Å². The first kappa shape index (κ1) is 13.0. The van der Waals surface area contributed by atoms with Crippen LogP contribution in [0, 0.1) is 5.92 Å². The van der Waals surface area contributed by atoms with Crippen molar-refractivity contribution in [1.82, 2.24) is 5.32 Å². The minimum atomic E-state index is -0.765. The van der Waals surface area contributed by atoms with E-state index in [9.17, 15) is 4.79 Å². The molecule has 2 N–H and O–H groups in total. The molecule has 0 aromatic heterocycles. The van der Waals surface area contributed by atoms with Gasteiger partial charge in [-0.25, -0.2) is 0 Å². The fraction of sp³-hybridized carbons (Fsp3) is 0.417. The van der Waals surface area contributed by atoms with Crippen LogP contribution < -0.4 is 5.32 Å². The summed E-state index contributed by atoms with van der Waals surface area (Å²) in [5.41, 5.74) is 1.19. The Balaban J connectivity index is 2.21. The largest absolute Gasteiger partial charge is 0.481 e. The van der Waals surface area contributed by atoms with E-state index in [-0.39, 0.29) is 5.92 Å². The molecule has 0 radical (unpaired) electrons. The summed E-state index contributed by atoms with van der Waals surface area (Å²) in [6, 6.07) is 7.67. The second-order valence-electron chi connectivity index (χ2n) is 3.82. The molecular formula is C12H16ClNO2. The molecule has 1 unspecified atom stereocenters. The van der Waals surface area contributed by atoms with Crippen LogP contribution in [-0.4, -0.2) is 24.2 Å². The zero-order chi connectivity index (χ0) is 12.0. The van der Waals surface area contributed by atoms with Crippen LogP contribution in [0.1, 0.15) is 12.5 Å². The Hall–Kier alpha value is -1.06. The van der Waals surface area contributed by atoms with E-state index in [1.807, 2.05) is 24.3 Å². The summed E-state index contributed by atoms with van der Waals surface area (Å²) in [6.45, 7) is 2.97. The van der Waals surface area contributed by atoms with Crippen LogP contribution >= 0.6 is 11.6 Å². The first-order valence-electron chi connectivity index (χ1n) is 5.27. The van der Waals surface area contributed by atoms with E-state index in [1.165, 1.54) is 5.56 Å². The summed E-state index contributed by atoms with van der Waals surface area (Å²) < 4.78 is 0. The third-order valence-corrected chi connectivity index (χ3v) is 2.63. The van der Waals surface area contributed by atoms with Crippen molar-refractivity contribution in [2.24, 2.45) is 5.92 Å². The van der Waals surface area contributed by atoms with E-state index >= 15 is 0 Å². The summed E-state index contributed by atoms with van der Waals surface area (Å²) >= 11 is 5.77. The molecule has 0 saturated heterocycles. The van der Waals surface area contributed by atoms with Crippen LogP contribution in [0.4, 0.5) is 0 Å². The average Bonchev–Trinajstić information content (AvgIpc) is 2.26. The summed E-state index contributed by atoms with van der Waals surface area (Å²) in [5.74, 6) is -1.11. The van der Waals surface area contributed by atoms with E-state index < -0.39 is 5.97 Å². The predicted octanol–water partition coefficient (Wildman–Crippen LogP) is 2.19. The van der Waals surface area contributed by atoms with Crippen LogP contribution in [0.15, 0.2) is 24.3 Å². The van der Waals surface area contributed by atoms with Crippen molar-refractivity contribution in [1.29, 1.82) is 0 Å². The van der Waals surface area contributed by atoms with Crippen LogP contribution in [0.5, 0.6) is 0 Å². The second kappa shape index (κ2) is 6.51. The average molecular weight is 242 g/mol. The van der Waals surface area contributed by atoms with Crippen molar-refractivity contribution in [3.8, 4) is 0 Å². The smallest absolute Gasteiger partial charge is 0.307 e. The highest BCUT2D eigenvalue weighted by Crippen LogP contribution is 2.09. The first-order chi connectivity index (χ1) is 7.59. The van der Waals surface area contributed by atoms with Gasteiger partial charge < -0.3 is 10.4 Å². The lowest BCUT2D eigenvalue weighted by molar-refractivity contribution is -0.140. The molecule has 1 aromatic rings. The molecule has 0 aliphatic carbocycles. The highest BCUT2D eigenvalue weighted by atomic mass is 35.5. The molecule has 0 aliphatic rings. The third kappa shape index (κ3) is 4.64. The van der Waals surface area contributed by atoms with Crippen LogP contribution in [-0.2, 0) is 11.2 Å². The van der Waals surface area contributed by atoms with Crippen molar-refractivity contribution >= 4 is 17.6 Å². The molecule has 0 saturated carbocycles. The minimum absolute atomic E-state index is 0.342. The Morgan fingerprint density at radius 1 is 1.44 bits per heavy atom. The fourth-order valence-corrected chi connectivity index (χ4v) is 1.42. The number of halogens is 1. The van der Waals surface area contributed by atoms with Crippen molar-refractivity contribution in [3.05, 3.63) is 34.9 Å². The molecule has 88 valence electrons. The van der Waals surface area contributed by atoms with Gasteiger partial charge in [-0.15, -0.1) is 0 Å². The lowest BCUT2D eigenvalue weighted by Crippen LogP contribution is -2.27. The molecule has 3 nitrogen and oxygen atoms in total. The van der Waals surface area contributed by atoms with Gasteiger partial charge in [0.05, 0.1) is 5.92 Å². The molecule has 0 aliphatic heterocycles. The fourth-order valence-electron chi connectivity index (χ4n) is 1.29. The number of carbonyl (C=O) groups is 1. The quantitative estimate of drug-likeness (QED) is 0.751. The number of benzene rings is 1. The van der Waals surface area contributed by atoms with Crippen molar-refractivity contribution in [2.75, 3.05) is 13.1 Å². The van der Waals surface area contributed by atoms with Gasteiger partial charge in [0.2, 0.25) is 0 Å². The van der Waals surface area contributed by atoms with E-state index in [0.717, 1.165) is 18.0 Å². The monoisotopic (exact) mass is 241 g/mol. The molecule has 0 spiro atoms. The summed E-state index contributed by atoms with van der Waals surface area (Å²) in [6.07, 6.45) is 0.878. The Labute approximate surface area is 100 Å². The van der Waals surface area contributed by atoms with Crippen LogP contribution in [0.25, 0.3) is 0 Å². The van der Waals surface area contributed by atoms with Gasteiger partial charge in [-0.05, 0) is 30.7 Å². The number of hydrogen-bond donors (Lipinski definition) is 2.